The summed E-state index contributed by atoms with van der Waals surface area (Å²) in [5.74, 6) is -0.0246. The summed E-state index contributed by atoms with van der Waals surface area (Å²) in [6.45, 7) is 10.4. The molecule has 2 fully saturated rings. The molecular weight excluding hydrogens is 268 g/mol. The van der Waals surface area contributed by atoms with Gasteiger partial charge in [-0.25, -0.2) is 0 Å². The maximum absolute atomic E-state index is 12.6. The van der Waals surface area contributed by atoms with Gasteiger partial charge in [0.1, 0.15) is 11.6 Å². The van der Waals surface area contributed by atoms with Gasteiger partial charge >= 0.3 is 0 Å². The first-order valence-corrected chi connectivity index (χ1v) is 8.06. The summed E-state index contributed by atoms with van der Waals surface area (Å²) in [6.07, 6.45) is 3.22. The summed E-state index contributed by atoms with van der Waals surface area (Å²) >= 11 is 0. The van der Waals surface area contributed by atoms with E-state index >= 15 is 0 Å². The fraction of sp³-hybridized carbons (Fsp3) is 0.875. The highest BCUT2D eigenvalue weighted by Crippen LogP contribution is 2.34. The van der Waals surface area contributed by atoms with Gasteiger partial charge in [-0.2, -0.15) is 0 Å². The van der Waals surface area contributed by atoms with Gasteiger partial charge in [0.2, 0.25) is 11.8 Å². The van der Waals surface area contributed by atoms with Gasteiger partial charge < -0.3 is 15.0 Å². The lowest BCUT2D eigenvalue weighted by atomic mass is 9.85. The average Bonchev–Trinajstić information content (AvgIpc) is 2.76. The Morgan fingerprint density at radius 3 is 2.38 bits per heavy atom. The molecule has 0 radical (unpaired) electrons. The van der Waals surface area contributed by atoms with Crippen molar-refractivity contribution in [2.45, 2.75) is 83.6 Å². The summed E-state index contributed by atoms with van der Waals surface area (Å²) in [6, 6.07) is -0.446. The third-order valence-corrected chi connectivity index (χ3v) is 5.03. The van der Waals surface area contributed by atoms with Crippen LogP contribution in [0.3, 0.4) is 0 Å². The van der Waals surface area contributed by atoms with Gasteiger partial charge in [0.15, 0.2) is 0 Å². The predicted molar refractivity (Wildman–Crippen MR) is 80.8 cm³/mol. The minimum Gasteiger partial charge on any atom is -0.371 e. The van der Waals surface area contributed by atoms with Crippen LogP contribution >= 0.6 is 0 Å². The third-order valence-electron chi connectivity index (χ3n) is 5.03. The van der Waals surface area contributed by atoms with Crippen LogP contribution in [0.4, 0.5) is 0 Å². The fourth-order valence-electron chi connectivity index (χ4n) is 3.59. The molecule has 1 N–H and O–H groups in total. The molecule has 0 saturated carbocycles. The maximum Gasteiger partial charge on any atom is 0.246 e. The fourth-order valence-corrected chi connectivity index (χ4v) is 3.59. The van der Waals surface area contributed by atoms with Crippen LogP contribution in [0.1, 0.15) is 60.3 Å². The molecule has 21 heavy (non-hydrogen) atoms. The first kappa shape index (κ1) is 16.3. The Bertz CT molecular complexity index is 429. The number of ether oxygens (including phenoxy) is 1. The van der Waals surface area contributed by atoms with Crippen LogP contribution in [0, 0.1) is 0 Å². The number of rotatable bonds is 4. The molecule has 0 aromatic carbocycles. The van der Waals surface area contributed by atoms with E-state index in [1.165, 1.54) is 0 Å². The molecule has 2 saturated heterocycles. The molecule has 5 heteroatoms. The van der Waals surface area contributed by atoms with Crippen molar-refractivity contribution in [3.8, 4) is 0 Å². The minimum atomic E-state index is -0.723. The van der Waals surface area contributed by atoms with Crippen molar-refractivity contribution in [1.29, 1.82) is 0 Å². The number of nitrogens with one attached hydrogen (secondary N) is 1. The Morgan fingerprint density at radius 2 is 1.90 bits per heavy atom. The number of carbonyl (C=O) groups is 2. The van der Waals surface area contributed by atoms with Crippen molar-refractivity contribution in [2.24, 2.45) is 0 Å². The number of amides is 2. The first-order valence-electron chi connectivity index (χ1n) is 8.06. The molecule has 0 aliphatic carbocycles. The zero-order valence-corrected chi connectivity index (χ0v) is 13.9. The van der Waals surface area contributed by atoms with Gasteiger partial charge in [0.25, 0.3) is 0 Å². The number of hydrogen-bond donors (Lipinski definition) is 1. The van der Waals surface area contributed by atoms with Crippen LogP contribution in [0.5, 0.6) is 0 Å². The molecule has 0 spiro atoms. The van der Waals surface area contributed by atoms with E-state index in [1.807, 2.05) is 13.8 Å². The standard InChI is InChI=1S/C16H28N2O3/c1-6-16(7-2)14(20)17-11(3)13(19)18(16)10-12-8-9-15(4,5)21-12/h11-12H,6-10H2,1-5H3,(H,17,20). The number of piperazine rings is 1. The lowest BCUT2D eigenvalue weighted by molar-refractivity contribution is -0.161. The van der Waals surface area contributed by atoms with Crippen LogP contribution in [0.2, 0.25) is 0 Å². The quantitative estimate of drug-likeness (QED) is 0.861. The molecule has 5 nitrogen and oxygen atoms in total. The largest absolute Gasteiger partial charge is 0.371 e. The molecule has 0 aromatic heterocycles. The summed E-state index contributed by atoms with van der Waals surface area (Å²) in [5.41, 5.74) is -0.849. The van der Waals surface area contributed by atoms with Gasteiger partial charge in [0.05, 0.1) is 11.7 Å². The van der Waals surface area contributed by atoms with Crippen molar-refractivity contribution in [3.63, 3.8) is 0 Å². The molecule has 2 rings (SSSR count). The van der Waals surface area contributed by atoms with E-state index in [2.05, 4.69) is 19.2 Å². The molecule has 2 aliphatic rings. The first-order chi connectivity index (χ1) is 9.75. The lowest BCUT2D eigenvalue weighted by Crippen LogP contribution is -2.70. The molecule has 120 valence electrons. The summed E-state index contributed by atoms with van der Waals surface area (Å²) < 4.78 is 6.03. The second-order valence-electron chi connectivity index (χ2n) is 6.92. The van der Waals surface area contributed by atoms with Crippen LogP contribution in [-0.2, 0) is 14.3 Å². The lowest BCUT2D eigenvalue weighted by Gasteiger charge is -2.47. The number of nitrogens with zero attached hydrogens (tertiary/aromatic N) is 1. The predicted octanol–water partition coefficient (Wildman–Crippen LogP) is 1.85. The molecule has 2 aliphatic heterocycles. The Kier molecular flexibility index (Phi) is 4.34. The monoisotopic (exact) mass is 296 g/mol. The second-order valence-corrected chi connectivity index (χ2v) is 6.92. The minimum absolute atomic E-state index is 0.00612. The summed E-state index contributed by atoms with van der Waals surface area (Å²) in [7, 11) is 0. The second kappa shape index (κ2) is 5.59. The molecular formula is C16H28N2O3. The van der Waals surface area contributed by atoms with Crippen LogP contribution in [-0.4, -0.2) is 46.5 Å². The average molecular weight is 296 g/mol. The molecule has 2 heterocycles. The van der Waals surface area contributed by atoms with E-state index in [1.54, 1.807) is 11.8 Å². The Labute approximate surface area is 127 Å². The molecule has 2 amide bonds. The van der Waals surface area contributed by atoms with E-state index in [0.29, 0.717) is 19.4 Å². The molecule has 2 unspecified atom stereocenters. The Hall–Kier alpha value is -1.10. The van der Waals surface area contributed by atoms with Crippen molar-refractivity contribution < 1.29 is 14.3 Å². The topological polar surface area (TPSA) is 58.6 Å². The van der Waals surface area contributed by atoms with Gasteiger partial charge in [-0.15, -0.1) is 0 Å². The normalized spacial score (nSPS) is 31.4. The Morgan fingerprint density at radius 1 is 1.29 bits per heavy atom. The molecule has 0 aromatic rings. The van der Waals surface area contributed by atoms with Crippen LogP contribution in [0.15, 0.2) is 0 Å². The Balaban J connectivity index is 2.23. The van der Waals surface area contributed by atoms with Gasteiger partial charge in [0, 0.05) is 6.54 Å². The summed E-state index contributed by atoms with van der Waals surface area (Å²) in [4.78, 5) is 26.9. The van der Waals surface area contributed by atoms with Gasteiger partial charge in [-0.3, -0.25) is 9.59 Å². The van der Waals surface area contributed by atoms with E-state index in [-0.39, 0.29) is 23.5 Å². The van der Waals surface area contributed by atoms with Gasteiger partial charge in [-0.05, 0) is 46.5 Å². The van der Waals surface area contributed by atoms with Crippen LogP contribution in [0.25, 0.3) is 0 Å². The highest BCUT2D eigenvalue weighted by molar-refractivity contribution is 5.99. The number of hydrogen-bond acceptors (Lipinski definition) is 3. The van der Waals surface area contributed by atoms with E-state index in [4.69, 9.17) is 4.74 Å². The van der Waals surface area contributed by atoms with Crippen molar-refractivity contribution >= 4 is 11.8 Å². The highest BCUT2D eigenvalue weighted by Gasteiger charge is 2.50. The smallest absolute Gasteiger partial charge is 0.246 e. The SMILES string of the molecule is CCC1(CC)C(=O)NC(C)C(=O)N1CC1CCC(C)(C)O1. The maximum atomic E-state index is 12.6. The van der Waals surface area contributed by atoms with Crippen molar-refractivity contribution in [2.75, 3.05) is 6.54 Å². The van der Waals surface area contributed by atoms with E-state index in [0.717, 1.165) is 12.8 Å². The zero-order chi connectivity index (χ0) is 15.8. The zero-order valence-electron chi connectivity index (χ0n) is 13.9. The number of carbonyl (C=O) groups excluding carboxylic acids is 2. The van der Waals surface area contributed by atoms with Crippen LogP contribution < -0.4 is 5.32 Å². The third kappa shape index (κ3) is 2.80. The summed E-state index contributed by atoms with van der Waals surface area (Å²) in [5, 5.41) is 2.82. The van der Waals surface area contributed by atoms with Crippen molar-refractivity contribution in [3.05, 3.63) is 0 Å². The molecule has 2 atom stereocenters. The van der Waals surface area contributed by atoms with E-state index in [9.17, 15) is 9.59 Å². The van der Waals surface area contributed by atoms with Crippen molar-refractivity contribution in [1.82, 2.24) is 10.2 Å². The van der Waals surface area contributed by atoms with Gasteiger partial charge in [-0.1, -0.05) is 13.8 Å². The van der Waals surface area contributed by atoms with E-state index < -0.39 is 11.6 Å². The highest BCUT2D eigenvalue weighted by atomic mass is 16.5. The molecule has 0 bridgehead atoms.